The smallest absolute Gasteiger partial charge is 0.462 e. The van der Waals surface area contributed by atoms with Crippen LogP contribution in [0.5, 0.6) is 0 Å². The molecule has 0 aromatic carbocycles. The zero-order valence-corrected chi connectivity index (χ0v) is 68.7. The summed E-state index contributed by atoms with van der Waals surface area (Å²) in [4.78, 5) is 100. The van der Waals surface area contributed by atoms with Gasteiger partial charge in [0.2, 0.25) is 11.8 Å². The number of rotatable bonds is 82. The molecule has 2 amide bonds. The minimum absolute atomic E-state index is 0.121. The number of Topliss-reactive ketones (excluding diaryl/α,β-unsaturated/α-hetero) is 2. The number of ketones is 2. The highest BCUT2D eigenvalue weighted by atomic mass is 31.2. The van der Waals surface area contributed by atoms with Gasteiger partial charge in [0.05, 0.1) is 77.8 Å². The highest BCUT2D eigenvalue weighted by Crippen LogP contribution is 2.45. The highest BCUT2D eigenvalue weighted by molar-refractivity contribution is 7.47. The summed E-state index contributed by atoms with van der Waals surface area (Å²) in [6.07, 6.45) is 49.9. The van der Waals surface area contributed by atoms with Crippen LogP contribution in [-0.4, -0.2) is 133 Å². The van der Waals surface area contributed by atoms with Crippen molar-refractivity contribution < 1.29 is 89.8 Å². The van der Waals surface area contributed by atoms with Crippen LogP contribution >= 0.6 is 15.6 Å². The number of carbonyl (C=O) groups is 6. The van der Waals surface area contributed by atoms with E-state index in [0.29, 0.717) is 51.4 Å². The Labute approximate surface area is 632 Å². The lowest BCUT2D eigenvalue weighted by Gasteiger charge is -2.23. The first-order valence-electron chi connectivity index (χ1n) is 42.4. The van der Waals surface area contributed by atoms with Gasteiger partial charge in [0, 0.05) is 38.5 Å². The van der Waals surface area contributed by atoms with E-state index in [2.05, 4.69) is 52.2 Å². The minimum Gasteiger partial charge on any atom is -0.462 e. The molecule has 21 nitrogen and oxygen atoms in total. The highest BCUT2D eigenvalue weighted by Gasteiger charge is 2.30. The molecule has 0 saturated heterocycles. The van der Waals surface area contributed by atoms with Gasteiger partial charge in [0.1, 0.15) is 29.9 Å². The van der Waals surface area contributed by atoms with Gasteiger partial charge in [-0.3, -0.25) is 46.9 Å². The molecule has 0 rings (SSSR count). The fourth-order valence-corrected chi connectivity index (χ4v) is 14.1. The zero-order valence-electron chi connectivity index (χ0n) is 66.9. The molecule has 0 aliphatic rings. The van der Waals surface area contributed by atoms with Crippen LogP contribution in [0.15, 0.2) is 0 Å². The quantitative estimate of drug-likeness (QED) is 0.0164. The molecule has 23 heteroatoms. The molecular weight excluding hydrogens is 1370 g/mol. The van der Waals surface area contributed by atoms with Crippen molar-refractivity contribution in [1.29, 1.82) is 0 Å². The molecule has 6 unspecified atom stereocenters. The fraction of sp³-hybridized carbons (Fsp3) is 0.926. The first-order chi connectivity index (χ1) is 50.3. The van der Waals surface area contributed by atoms with Gasteiger partial charge in [-0.05, 0) is 51.4 Å². The van der Waals surface area contributed by atoms with E-state index in [-0.39, 0.29) is 62.8 Å². The van der Waals surface area contributed by atoms with Crippen LogP contribution < -0.4 is 10.6 Å². The third-order valence-electron chi connectivity index (χ3n) is 18.9. The summed E-state index contributed by atoms with van der Waals surface area (Å²) < 4.78 is 71.4. The molecule has 0 spiro atoms. The number of esters is 2. The summed E-state index contributed by atoms with van der Waals surface area (Å²) >= 11 is 0. The van der Waals surface area contributed by atoms with Gasteiger partial charge in [-0.25, -0.2) is 9.13 Å². The van der Waals surface area contributed by atoms with Crippen LogP contribution in [0.25, 0.3) is 0 Å². The second-order valence-electron chi connectivity index (χ2n) is 29.4. The Morgan fingerprint density at radius 3 is 0.827 bits per heavy atom. The summed E-state index contributed by atoms with van der Waals surface area (Å²) in [5.41, 5.74) is 0. The summed E-state index contributed by atoms with van der Waals surface area (Å²) in [5.74, 6) is -2.24. The van der Waals surface area contributed by atoms with Crippen molar-refractivity contribution in [3.05, 3.63) is 0 Å². The van der Waals surface area contributed by atoms with Gasteiger partial charge < -0.3 is 44.5 Å². The maximum Gasteiger partial charge on any atom is 0.472 e. The number of hydrogen-bond acceptors (Lipinski definition) is 17. The third-order valence-corrected chi connectivity index (χ3v) is 20.8. The van der Waals surface area contributed by atoms with E-state index in [1.165, 1.54) is 116 Å². The Balaban J connectivity index is 5.98. The van der Waals surface area contributed by atoms with Gasteiger partial charge >= 0.3 is 27.6 Å². The Kier molecular flexibility index (Phi) is 71.3. The Morgan fingerprint density at radius 2 is 0.548 bits per heavy atom. The van der Waals surface area contributed by atoms with E-state index in [0.717, 1.165) is 167 Å². The number of unbranched alkanes of at least 4 members (excludes halogenated alkanes) is 40. The lowest BCUT2D eigenvalue weighted by molar-refractivity contribution is -0.151. The molecule has 0 aromatic heterocycles. The van der Waals surface area contributed by atoms with Gasteiger partial charge in [-0.15, -0.1) is 0 Å². The van der Waals surface area contributed by atoms with Crippen molar-refractivity contribution in [3.8, 4) is 0 Å². The number of carbonyl (C=O) groups excluding carboxylic acids is 6. The van der Waals surface area contributed by atoms with Crippen LogP contribution in [0.1, 0.15) is 401 Å². The lowest BCUT2D eigenvalue weighted by Crippen LogP contribution is -2.42. The molecule has 0 heterocycles. The van der Waals surface area contributed by atoms with E-state index in [9.17, 15) is 52.8 Å². The standard InChI is InChI=1S/C81H156N2O19P2/c1-7-13-19-25-29-33-37-43-47-53-73(84)63-78(87)82-71(65-95-61-59-76(55-49-41-23-17-11-5)101-80(89)57-51-45-39-35-31-27-21-15-9-3)67-97-103(91,92)99-69-75(86)70-100-104(93,94)98-68-72(83-79(88)64-74(85)54-48-44-38-34-30-26-20-14-8-2)66-96-62-60-77(56-50-42-24-18-12-6)102-81(90)58-52-46-40-36-32-28-22-16-10-4/h71-72,75-77,86H,7-70H2,1-6H3,(H,82,87)(H,83,88)(H,91,92)(H,93,94). The zero-order chi connectivity index (χ0) is 76.7. The number of ether oxygens (including phenoxy) is 4. The van der Waals surface area contributed by atoms with Crippen LogP contribution in [0.3, 0.4) is 0 Å². The largest absolute Gasteiger partial charge is 0.472 e. The first-order valence-corrected chi connectivity index (χ1v) is 45.4. The number of aliphatic hydroxyl groups excluding tert-OH is 1. The van der Waals surface area contributed by atoms with Crippen molar-refractivity contribution in [1.82, 2.24) is 10.6 Å². The molecule has 0 fully saturated rings. The van der Waals surface area contributed by atoms with E-state index < -0.39 is 97.1 Å². The van der Waals surface area contributed by atoms with Crippen molar-refractivity contribution in [2.75, 3.05) is 52.9 Å². The van der Waals surface area contributed by atoms with Gasteiger partial charge in [0.15, 0.2) is 0 Å². The van der Waals surface area contributed by atoms with Crippen LogP contribution in [0, 0.1) is 0 Å². The average Bonchev–Trinajstić information content (AvgIpc) is 0.901. The summed E-state index contributed by atoms with van der Waals surface area (Å²) in [6, 6.07) is -2.09. The van der Waals surface area contributed by atoms with E-state index in [1.807, 2.05) is 0 Å². The molecule has 5 N–H and O–H groups in total. The SMILES string of the molecule is CCCCCCCCCCCC(=O)CC(=O)NC(COCCC(CCCCCCC)OC(=O)CCCCCCCCCCC)COP(=O)(O)OCC(O)COP(=O)(O)OCC(COCCC(CCCCCCC)OC(=O)CCCCCCCCCCC)NC(=O)CC(=O)CCCCCCCCCCC. The third kappa shape index (κ3) is 69.8. The molecule has 0 aliphatic heterocycles. The normalized spacial score (nSPS) is 14.3. The van der Waals surface area contributed by atoms with Crippen LogP contribution in [0.4, 0.5) is 0 Å². The van der Waals surface area contributed by atoms with Gasteiger partial charge in [0.25, 0.3) is 0 Å². The Hall–Kier alpha value is -2.68. The predicted octanol–water partition coefficient (Wildman–Crippen LogP) is 20.5. The minimum atomic E-state index is -5.01. The second kappa shape index (κ2) is 73.1. The monoisotopic (exact) mass is 1520 g/mol. The van der Waals surface area contributed by atoms with Crippen LogP contribution in [0.2, 0.25) is 0 Å². The van der Waals surface area contributed by atoms with E-state index in [1.54, 1.807) is 0 Å². The van der Waals surface area contributed by atoms with Crippen molar-refractivity contribution >= 4 is 51.0 Å². The molecule has 0 saturated carbocycles. The molecule has 0 radical (unpaired) electrons. The number of phosphoric ester groups is 2. The topological polar surface area (TPSA) is 295 Å². The van der Waals surface area contributed by atoms with Gasteiger partial charge in [-0.2, -0.15) is 0 Å². The summed E-state index contributed by atoms with van der Waals surface area (Å²) in [5, 5.41) is 16.2. The second-order valence-corrected chi connectivity index (χ2v) is 32.3. The predicted molar refractivity (Wildman–Crippen MR) is 417 cm³/mol. The van der Waals surface area contributed by atoms with E-state index >= 15 is 0 Å². The maximum atomic E-state index is 13.3. The van der Waals surface area contributed by atoms with Gasteiger partial charge in [-0.1, -0.05) is 298 Å². The summed E-state index contributed by atoms with van der Waals surface area (Å²) in [7, 11) is -10.0. The van der Waals surface area contributed by atoms with Crippen molar-refractivity contribution in [2.24, 2.45) is 0 Å². The summed E-state index contributed by atoms with van der Waals surface area (Å²) in [6.45, 7) is 9.85. The number of phosphoric acid groups is 2. The molecule has 0 aliphatic carbocycles. The van der Waals surface area contributed by atoms with E-state index in [4.69, 9.17) is 37.0 Å². The lowest BCUT2D eigenvalue weighted by atomic mass is 10.0. The first kappa shape index (κ1) is 101. The van der Waals surface area contributed by atoms with Crippen molar-refractivity contribution in [3.63, 3.8) is 0 Å². The molecule has 6 atom stereocenters. The maximum absolute atomic E-state index is 13.3. The number of aliphatic hydroxyl groups is 1. The number of hydrogen-bond donors (Lipinski definition) is 5. The fourth-order valence-electron chi connectivity index (χ4n) is 12.5. The molecule has 0 bridgehead atoms. The molecular formula is C81H156N2O19P2. The number of nitrogens with one attached hydrogen (secondary N) is 2. The Bertz CT molecular complexity index is 2000. The van der Waals surface area contributed by atoms with Crippen molar-refractivity contribution in [2.45, 2.75) is 432 Å². The molecule has 104 heavy (non-hydrogen) atoms. The average molecular weight is 1520 g/mol. The Morgan fingerprint density at radius 1 is 0.308 bits per heavy atom. The molecule has 614 valence electrons. The molecule has 0 aromatic rings. The van der Waals surface area contributed by atoms with Crippen LogP contribution in [-0.2, 0) is 74.9 Å². The number of amides is 2.